The molecule has 106 valence electrons. The van der Waals surface area contributed by atoms with E-state index in [0.29, 0.717) is 11.6 Å². The van der Waals surface area contributed by atoms with Gasteiger partial charge < -0.3 is 10.6 Å². The summed E-state index contributed by atoms with van der Waals surface area (Å²) in [7, 11) is 0. The van der Waals surface area contributed by atoms with Crippen LogP contribution in [0.1, 0.15) is 51.0 Å². The Morgan fingerprint density at radius 1 is 1.32 bits per heavy atom. The summed E-state index contributed by atoms with van der Waals surface area (Å²) in [6.07, 6.45) is 3.70. The van der Waals surface area contributed by atoms with E-state index in [-0.39, 0.29) is 11.9 Å². The first-order valence-corrected chi connectivity index (χ1v) is 7.09. The van der Waals surface area contributed by atoms with Gasteiger partial charge in [0.1, 0.15) is 5.69 Å². The number of anilines is 1. The van der Waals surface area contributed by atoms with Crippen molar-refractivity contribution >= 4 is 11.6 Å². The highest BCUT2D eigenvalue weighted by Gasteiger charge is 2.15. The molecule has 0 aliphatic heterocycles. The predicted molar refractivity (Wildman–Crippen MR) is 79.4 cm³/mol. The third-order valence-electron chi connectivity index (χ3n) is 3.14. The molecular weight excluding hydrogens is 238 g/mol. The highest BCUT2D eigenvalue weighted by molar-refractivity contribution is 5.92. The summed E-state index contributed by atoms with van der Waals surface area (Å²) < 4.78 is 0. The number of aromatic nitrogens is 1. The molecule has 0 spiro atoms. The second-order valence-electron chi connectivity index (χ2n) is 5.09. The normalized spacial score (nSPS) is 12.3. The highest BCUT2D eigenvalue weighted by atomic mass is 16.1. The lowest BCUT2D eigenvalue weighted by Crippen LogP contribution is -2.38. The fourth-order valence-corrected chi connectivity index (χ4v) is 1.88. The molecule has 0 radical (unpaired) electrons. The molecule has 1 unspecified atom stereocenters. The first-order valence-electron chi connectivity index (χ1n) is 7.09. The predicted octanol–water partition coefficient (Wildman–Crippen LogP) is 3.07. The standard InChI is InChI=1S/C15H25N3O/c1-5-9-16-12-7-8-14(17-10-12)15(19)18-13(6-2)11(3)4/h7-8,10-11,13,16H,5-6,9H2,1-4H3,(H,18,19). The summed E-state index contributed by atoms with van der Waals surface area (Å²) >= 11 is 0. The van der Waals surface area contributed by atoms with Gasteiger partial charge in [0.25, 0.3) is 5.91 Å². The zero-order chi connectivity index (χ0) is 14.3. The minimum absolute atomic E-state index is 0.0948. The Balaban J connectivity index is 2.62. The van der Waals surface area contributed by atoms with Gasteiger partial charge in [-0.1, -0.05) is 27.7 Å². The number of nitrogens with zero attached hydrogens (tertiary/aromatic N) is 1. The Kier molecular flexibility index (Phi) is 6.33. The fourth-order valence-electron chi connectivity index (χ4n) is 1.88. The van der Waals surface area contributed by atoms with Crippen molar-refractivity contribution in [1.82, 2.24) is 10.3 Å². The lowest BCUT2D eigenvalue weighted by molar-refractivity contribution is 0.0919. The number of hydrogen-bond acceptors (Lipinski definition) is 3. The maximum atomic E-state index is 12.0. The largest absolute Gasteiger partial charge is 0.384 e. The van der Waals surface area contributed by atoms with E-state index < -0.39 is 0 Å². The van der Waals surface area contributed by atoms with Crippen molar-refractivity contribution < 1.29 is 4.79 Å². The molecule has 19 heavy (non-hydrogen) atoms. The van der Waals surface area contributed by atoms with Crippen molar-refractivity contribution in [2.45, 2.75) is 46.6 Å². The van der Waals surface area contributed by atoms with Gasteiger partial charge in [-0.3, -0.25) is 4.79 Å². The third kappa shape index (κ3) is 4.89. The van der Waals surface area contributed by atoms with E-state index in [2.05, 4.69) is 43.3 Å². The molecule has 0 aliphatic carbocycles. The average molecular weight is 263 g/mol. The third-order valence-corrected chi connectivity index (χ3v) is 3.14. The van der Waals surface area contributed by atoms with Crippen LogP contribution in [0.3, 0.4) is 0 Å². The number of hydrogen-bond donors (Lipinski definition) is 2. The molecule has 0 aromatic carbocycles. The minimum atomic E-state index is -0.0948. The van der Waals surface area contributed by atoms with Crippen molar-refractivity contribution in [3.63, 3.8) is 0 Å². The molecule has 0 bridgehead atoms. The van der Waals surface area contributed by atoms with E-state index in [0.717, 1.165) is 25.1 Å². The van der Waals surface area contributed by atoms with Crippen LogP contribution in [-0.2, 0) is 0 Å². The Hall–Kier alpha value is -1.58. The summed E-state index contributed by atoms with van der Waals surface area (Å²) in [6, 6.07) is 3.86. The van der Waals surface area contributed by atoms with Gasteiger partial charge in [0.15, 0.2) is 0 Å². The summed E-state index contributed by atoms with van der Waals surface area (Å²) in [5.41, 5.74) is 1.43. The molecule has 1 aromatic rings. The molecule has 1 aromatic heterocycles. The van der Waals surface area contributed by atoms with Crippen molar-refractivity contribution in [2.75, 3.05) is 11.9 Å². The van der Waals surface area contributed by atoms with E-state index in [1.165, 1.54) is 0 Å². The zero-order valence-electron chi connectivity index (χ0n) is 12.4. The van der Waals surface area contributed by atoms with Crippen LogP contribution in [0.4, 0.5) is 5.69 Å². The smallest absolute Gasteiger partial charge is 0.270 e. The lowest BCUT2D eigenvalue weighted by Gasteiger charge is -2.20. The fraction of sp³-hybridized carbons (Fsp3) is 0.600. The first kappa shape index (κ1) is 15.5. The molecule has 1 atom stereocenters. The molecule has 2 N–H and O–H groups in total. The van der Waals surface area contributed by atoms with Gasteiger partial charge in [-0.2, -0.15) is 0 Å². The van der Waals surface area contributed by atoms with Crippen molar-refractivity contribution in [3.05, 3.63) is 24.0 Å². The van der Waals surface area contributed by atoms with E-state index in [9.17, 15) is 4.79 Å². The van der Waals surface area contributed by atoms with Crippen molar-refractivity contribution in [1.29, 1.82) is 0 Å². The Bertz CT molecular complexity index is 387. The van der Waals surface area contributed by atoms with Gasteiger partial charge in [-0.25, -0.2) is 4.98 Å². The Morgan fingerprint density at radius 3 is 2.53 bits per heavy atom. The monoisotopic (exact) mass is 263 g/mol. The lowest BCUT2D eigenvalue weighted by atomic mass is 10.0. The second kappa shape index (κ2) is 7.77. The van der Waals surface area contributed by atoms with E-state index in [4.69, 9.17) is 0 Å². The van der Waals surface area contributed by atoms with Gasteiger partial charge in [-0.05, 0) is 30.9 Å². The first-order chi connectivity index (χ1) is 9.08. The van der Waals surface area contributed by atoms with Crippen molar-refractivity contribution in [2.24, 2.45) is 5.92 Å². The van der Waals surface area contributed by atoms with Crippen molar-refractivity contribution in [3.8, 4) is 0 Å². The molecule has 1 rings (SSSR count). The number of amides is 1. The molecule has 1 amide bonds. The summed E-state index contributed by atoms with van der Waals surface area (Å²) in [6.45, 7) is 9.33. The minimum Gasteiger partial charge on any atom is -0.384 e. The van der Waals surface area contributed by atoms with Crippen LogP contribution in [0.5, 0.6) is 0 Å². The van der Waals surface area contributed by atoms with E-state index in [1.54, 1.807) is 12.3 Å². The zero-order valence-corrected chi connectivity index (χ0v) is 12.4. The van der Waals surface area contributed by atoms with Crippen LogP contribution in [0.2, 0.25) is 0 Å². The van der Waals surface area contributed by atoms with E-state index in [1.807, 2.05) is 6.07 Å². The van der Waals surface area contributed by atoms with Crippen LogP contribution < -0.4 is 10.6 Å². The maximum Gasteiger partial charge on any atom is 0.270 e. The SMILES string of the molecule is CCCNc1ccc(C(=O)NC(CC)C(C)C)nc1. The molecule has 0 saturated heterocycles. The van der Waals surface area contributed by atoms with E-state index >= 15 is 0 Å². The number of nitrogens with one attached hydrogen (secondary N) is 2. The van der Waals surface area contributed by atoms with Gasteiger partial charge in [0.2, 0.25) is 0 Å². The quantitative estimate of drug-likeness (QED) is 0.795. The number of rotatable bonds is 7. The number of carbonyl (C=O) groups is 1. The van der Waals surface area contributed by atoms with Crippen LogP contribution in [-0.4, -0.2) is 23.5 Å². The maximum absolute atomic E-state index is 12.0. The Morgan fingerprint density at radius 2 is 2.05 bits per heavy atom. The van der Waals surface area contributed by atoms with Gasteiger partial charge >= 0.3 is 0 Å². The summed E-state index contributed by atoms with van der Waals surface area (Å²) in [5.74, 6) is 0.335. The van der Waals surface area contributed by atoms with Gasteiger partial charge in [0.05, 0.1) is 11.9 Å². The molecule has 4 heteroatoms. The summed E-state index contributed by atoms with van der Waals surface area (Å²) in [4.78, 5) is 16.3. The molecule has 0 aliphatic rings. The molecule has 0 fully saturated rings. The number of pyridine rings is 1. The molecular formula is C15H25N3O. The van der Waals surface area contributed by atoms with Crippen LogP contribution >= 0.6 is 0 Å². The van der Waals surface area contributed by atoms with Crippen LogP contribution in [0.15, 0.2) is 18.3 Å². The van der Waals surface area contributed by atoms with Gasteiger partial charge in [-0.15, -0.1) is 0 Å². The highest BCUT2D eigenvalue weighted by Crippen LogP contribution is 2.09. The Labute approximate surface area is 116 Å². The topological polar surface area (TPSA) is 54.0 Å². The molecule has 1 heterocycles. The average Bonchev–Trinajstić information content (AvgIpc) is 2.42. The van der Waals surface area contributed by atoms with Crippen LogP contribution in [0, 0.1) is 5.92 Å². The molecule has 0 saturated carbocycles. The summed E-state index contributed by atoms with van der Waals surface area (Å²) in [5, 5.41) is 6.26. The number of carbonyl (C=O) groups excluding carboxylic acids is 1. The van der Waals surface area contributed by atoms with Gasteiger partial charge in [0, 0.05) is 12.6 Å². The second-order valence-corrected chi connectivity index (χ2v) is 5.09. The van der Waals surface area contributed by atoms with Crippen LogP contribution in [0.25, 0.3) is 0 Å². The molecule has 4 nitrogen and oxygen atoms in total.